The molecule has 2 atom stereocenters. The van der Waals surface area contributed by atoms with E-state index in [1.165, 1.54) is 24.4 Å². The third-order valence-corrected chi connectivity index (χ3v) is 5.16. The molecule has 0 aromatic carbocycles. The second-order valence-corrected chi connectivity index (χ2v) is 6.23. The zero-order valence-electron chi connectivity index (χ0n) is 9.81. The Morgan fingerprint density at radius 2 is 2.29 bits per heavy atom. The summed E-state index contributed by atoms with van der Waals surface area (Å²) >= 11 is 3.12. The van der Waals surface area contributed by atoms with Crippen molar-refractivity contribution in [3.05, 3.63) is 0 Å². The maximum Gasteiger partial charge on any atom is 0.153 e. The number of rotatable bonds is 4. The first kappa shape index (κ1) is 11.6. The highest BCUT2D eigenvalue weighted by Gasteiger charge is 2.41. The highest BCUT2D eigenvalue weighted by molar-refractivity contribution is 7.99. The van der Waals surface area contributed by atoms with E-state index in [2.05, 4.69) is 9.69 Å². The molecular weight excluding hydrogens is 254 g/mol. The fourth-order valence-corrected chi connectivity index (χ4v) is 4.00. The summed E-state index contributed by atoms with van der Waals surface area (Å²) in [5.41, 5.74) is 5.84. The quantitative estimate of drug-likeness (QED) is 0.824. The van der Waals surface area contributed by atoms with Crippen LogP contribution in [-0.4, -0.2) is 29.4 Å². The lowest BCUT2D eigenvalue weighted by Gasteiger charge is -2.19. The number of anilines is 2. The van der Waals surface area contributed by atoms with Gasteiger partial charge in [0.1, 0.15) is 5.00 Å². The van der Waals surface area contributed by atoms with E-state index in [0.29, 0.717) is 18.0 Å². The maximum absolute atomic E-state index is 5.84. The molecule has 94 valence electrons. The van der Waals surface area contributed by atoms with Crippen LogP contribution in [0.25, 0.3) is 0 Å². The van der Waals surface area contributed by atoms with Crippen molar-refractivity contribution in [3.63, 3.8) is 0 Å². The SMILES string of the molecule is CSc1c(N)nsc1NC1CCOC1C1CC1. The fraction of sp³-hybridized carbons (Fsp3) is 0.727. The predicted octanol–water partition coefficient (Wildman–Crippen LogP) is 2.43. The van der Waals surface area contributed by atoms with Gasteiger partial charge in [0.15, 0.2) is 5.82 Å². The second-order valence-electron chi connectivity index (χ2n) is 4.64. The molecular formula is C11H17N3OS2. The van der Waals surface area contributed by atoms with Crippen LogP contribution in [0.4, 0.5) is 10.8 Å². The molecule has 2 fully saturated rings. The molecule has 2 aliphatic rings. The lowest BCUT2D eigenvalue weighted by atomic mass is 10.1. The summed E-state index contributed by atoms with van der Waals surface area (Å²) in [6.07, 6.45) is 6.17. The van der Waals surface area contributed by atoms with Crippen molar-refractivity contribution in [3.8, 4) is 0 Å². The number of nitrogen functional groups attached to an aromatic ring is 1. The van der Waals surface area contributed by atoms with Gasteiger partial charge in [-0.3, -0.25) is 0 Å². The van der Waals surface area contributed by atoms with Gasteiger partial charge in [-0.2, -0.15) is 4.37 Å². The van der Waals surface area contributed by atoms with Crippen LogP contribution in [0.15, 0.2) is 4.90 Å². The van der Waals surface area contributed by atoms with Crippen molar-refractivity contribution in [2.75, 3.05) is 23.9 Å². The molecule has 1 aliphatic heterocycles. The van der Waals surface area contributed by atoms with Gasteiger partial charge in [0.25, 0.3) is 0 Å². The molecule has 1 saturated carbocycles. The van der Waals surface area contributed by atoms with Gasteiger partial charge in [0, 0.05) is 6.61 Å². The summed E-state index contributed by atoms with van der Waals surface area (Å²) in [5, 5.41) is 4.69. The monoisotopic (exact) mass is 271 g/mol. The van der Waals surface area contributed by atoms with Gasteiger partial charge in [-0.1, -0.05) is 0 Å². The van der Waals surface area contributed by atoms with Gasteiger partial charge in [-0.15, -0.1) is 11.8 Å². The van der Waals surface area contributed by atoms with E-state index in [1.807, 2.05) is 6.26 Å². The number of thioether (sulfide) groups is 1. The molecule has 1 aromatic rings. The van der Waals surface area contributed by atoms with E-state index in [4.69, 9.17) is 10.5 Å². The molecule has 3 N–H and O–H groups in total. The molecule has 0 bridgehead atoms. The zero-order valence-corrected chi connectivity index (χ0v) is 11.4. The van der Waals surface area contributed by atoms with Gasteiger partial charge in [0.2, 0.25) is 0 Å². The van der Waals surface area contributed by atoms with Crippen molar-refractivity contribution in [1.29, 1.82) is 0 Å². The fourth-order valence-electron chi connectivity index (χ4n) is 2.41. The van der Waals surface area contributed by atoms with E-state index < -0.39 is 0 Å². The van der Waals surface area contributed by atoms with Crippen molar-refractivity contribution in [2.45, 2.75) is 36.3 Å². The van der Waals surface area contributed by atoms with Gasteiger partial charge >= 0.3 is 0 Å². The minimum atomic E-state index is 0.396. The van der Waals surface area contributed by atoms with Gasteiger partial charge in [0.05, 0.1) is 17.0 Å². The molecule has 0 spiro atoms. The summed E-state index contributed by atoms with van der Waals surface area (Å²) in [6.45, 7) is 0.877. The van der Waals surface area contributed by atoms with E-state index in [1.54, 1.807) is 11.8 Å². The smallest absolute Gasteiger partial charge is 0.153 e. The van der Waals surface area contributed by atoms with Crippen LogP contribution in [-0.2, 0) is 4.74 Å². The Kier molecular flexibility index (Phi) is 3.19. The highest BCUT2D eigenvalue weighted by Crippen LogP contribution is 2.41. The van der Waals surface area contributed by atoms with Crippen molar-refractivity contribution in [2.24, 2.45) is 5.92 Å². The predicted molar refractivity (Wildman–Crippen MR) is 72.8 cm³/mol. The van der Waals surface area contributed by atoms with E-state index in [-0.39, 0.29) is 0 Å². The lowest BCUT2D eigenvalue weighted by molar-refractivity contribution is 0.0899. The number of aromatic nitrogens is 1. The average molecular weight is 271 g/mol. The molecule has 1 aromatic heterocycles. The van der Waals surface area contributed by atoms with Gasteiger partial charge in [-0.25, -0.2) is 0 Å². The Morgan fingerprint density at radius 3 is 3.00 bits per heavy atom. The number of nitrogens with zero attached hydrogens (tertiary/aromatic N) is 1. The Labute approximate surface area is 109 Å². The minimum Gasteiger partial charge on any atom is -0.382 e. The van der Waals surface area contributed by atoms with Crippen LogP contribution >= 0.6 is 23.3 Å². The number of nitrogens with one attached hydrogen (secondary N) is 1. The van der Waals surface area contributed by atoms with Crippen LogP contribution in [0.2, 0.25) is 0 Å². The Balaban J connectivity index is 1.72. The van der Waals surface area contributed by atoms with Crippen LogP contribution in [0.3, 0.4) is 0 Å². The highest BCUT2D eigenvalue weighted by atomic mass is 32.2. The van der Waals surface area contributed by atoms with E-state index in [0.717, 1.165) is 28.8 Å². The third kappa shape index (κ3) is 2.26. The van der Waals surface area contributed by atoms with E-state index in [9.17, 15) is 0 Å². The molecule has 1 aliphatic carbocycles. The molecule has 6 heteroatoms. The minimum absolute atomic E-state index is 0.396. The molecule has 3 rings (SSSR count). The van der Waals surface area contributed by atoms with Crippen molar-refractivity contribution < 1.29 is 4.74 Å². The van der Waals surface area contributed by atoms with Crippen LogP contribution in [0.1, 0.15) is 19.3 Å². The number of hydrogen-bond donors (Lipinski definition) is 2. The largest absolute Gasteiger partial charge is 0.382 e. The molecule has 2 heterocycles. The summed E-state index contributed by atoms with van der Waals surface area (Å²) < 4.78 is 10.0. The molecule has 4 nitrogen and oxygen atoms in total. The first-order valence-corrected chi connectivity index (χ1v) is 7.96. The number of ether oxygens (including phenoxy) is 1. The standard InChI is InChI=1S/C11H17N3OS2/c1-16-9-10(12)14-17-11(9)13-7-4-5-15-8(7)6-2-3-6/h6-8,13H,2-5H2,1H3,(H2,12,14). The molecule has 1 saturated heterocycles. The Morgan fingerprint density at radius 1 is 1.47 bits per heavy atom. The Bertz CT molecular complexity index is 405. The van der Waals surface area contributed by atoms with Gasteiger partial charge in [-0.05, 0) is 43.0 Å². The van der Waals surface area contributed by atoms with Crippen molar-refractivity contribution >= 4 is 34.1 Å². The third-order valence-electron chi connectivity index (χ3n) is 3.42. The molecule has 2 unspecified atom stereocenters. The first-order chi connectivity index (χ1) is 8.29. The topological polar surface area (TPSA) is 60.2 Å². The number of hydrogen-bond acceptors (Lipinski definition) is 6. The Hall–Kier alpha value is -0.460. The normalized spacial score (nSPS) is 28.5. The summed E-state index contributed by atoms with van der Waals surface area (Å²) in [6, 6.07) is 0.438. The lowest BCUT2D eigenvalue weighted by Crippen LogP contribution is -2.30. The maximum atomic E-state index is 5.84. The molecule has 0 amide bonds. The van der Waals surface area contributed by atoms with Gasteiger partial charge < -0.3 is 15.8 Å². The van der Waals surface area contributed by atoms with Crippen LogP contribution in [0.5, 0.6) is 0 Å². The first-order valence-electron chi connectivity index (χ1n) is 5.97. The summed E-state index contributed by atoms with van der Waals surface area (Å²) in [5.74, 6) is 1.42. The zero-order chi connectivity index (χ0) is 11.8. The van der Waals surface area contributed by atoms with E-state index >= 15 is 0 Å². The van der Waals surface area contributed by atoms with Crippen LogP contribution in [0, 0.1) is 5.92 Å². The number of nitrogens with two attached hydrogens (primary N) is 1. The summed E-state index contributed by atoms with van der Waals surface area (Å²) in [4.78, 5) is 1.08. The second kappa shape index (κ2) is 4.66. The summed E-state index contributed by atoms with van der Waals surface area (Å²) in [7, 11) is 0. The van der Waals surface area contributed by atoms with Crippen LogP contribution < -0.4 is 11.1 Å². The van der Waals surface area contributed by atoms with Crippen molar-refractivity contribution in [1.82, 2.24) is 4.37 Å². The average Bonchev–Trinajstić information content (AvgIpc) is 2.97. The molecule has 0 radical (unpaired) electrons. The molecule has 17 heavy (non-hydrogen) atoms.